The summed E-state index contributed by atoms with van der Waals surface area (Å²) in [6.07, 6.45) is 3.80. The molecule has 8 heteroatoms. The van der Waals surface area contributed by atoms with E-state index in [1.165, 1.54) is 16.9 Å². The van der Waals surface area contributed by atoms with E-state index in [0.717, 1.165) is 36.1 Å². The smallest absolute Gasteiger partial charge is 0.360 e. The molecule has 0 aliphatic heterocycles. The predicted octanol–water partition coefficient (Wildman–Crippen LogP) is 3.65. The summed E-state index contributed by atoms with van der Waals surface area (Å²) in [5.41, 5.74) is 14.5. The van der Waals surface area contributed by atoms with Gasteiger partial charge in [0, 0.05) is 22.8 Å². The van der Waals surface area contributed by atoms with Crippen LogP contribution in [-0.2, 0) is 29.4 Å². The topological polar surface area (TPSA) is 121 Å². The van der Waals surface area contributed by atoms with Gasteiger partial charge in [0.1, 0.15) is 5.76 Å². The van der Waals surface area contributed by atoms with E-state index in [1.54, 1.807) is 13.0 Å². The highest BCUT2D eigenvalue weighted by Crippen LogP contribution is 2.46. The standard InChI is InChI=1S/C23H25N3O4S/c1-2-29-22(28)17-12-15(30-26-17)8-10-23(14-6-4-3-5-7-14)11-9-16-18(13-23)31-21(25)19(16)20(24)27/h3-7,12H,2,8-11,13,25H2,1H3,(H2,24,27). The van der Waals surface area contributed by atoms with Crippen LogP contribution < -0.4 is 11.5 Å². The van der Waals surface area contributed by atoms with Gasteiger partial charge in [-0.05, 0) is 43.7 Å². The summed E-state index contributed by atoms with van der Waals surface area (Å²) in [6.45, 7) is 2.04. The molecular formula is C23H25N3O4S. The second-order valence-corrected chi connectivity index (χ2v) is 8.97. The number of nitrogens with zero attached hydrogens (tertiary/aromatic N) is 1. The Labute approximate surface area is 184 Å². The number of hydrogen-bond donors (Lipinski definition) is 2. The number of primary amides is 1. The van der Waals surface area contributed by atoms with E-state index in [-0.39, 0.29) is 17.7 Å². The average Bonchev–Trinajstić information content (AvgIpc) is 3.36. The van der Waals surface area contributed by atoms with Gasteiger partial charge in [-0.25, -0.2) is 4.79 Å². The number of hydrogen-bond acceptors (Lipinski definition) is 7. The Kier molecular flexibility index (Phi) is 5.82. The van der Waals surface area contributed by atoms with E-state index in [0.29, 0.717) is 22.7 Å². The number of nitrogens with two attached hydrogens (primary N) is 2. The van der Waals surface area contributed by atoms with Crippen molar-refractivity contribution in [3.8, 4) is 0 Å². The van der Waals surface area contributed by atoms with Gasteiger partial charge in [-0.2, -0.15) is 0 Å². The first-order valence-corrected chi connectivity index (χ1v) is 11.1. The molecule has 0 bridgehead atoms. The molecule has 1 aliphatic carbocycles. The van der Waals surface area contributed by atoms with Crippen LogP contribution in [0.3, 0.4) is 0 Å². The zero-order chi connectivity index (χ0) is 22.0. The van der Waals surface area contributed by atoms with Gasteiger partial charge in [-0.15, -0.1) is 11.3 Å². The molecule has 1 amide bonds. The predicted molar refractivity (Wildman–Crippen MR) is 118 cm³/mol. The number of thiophene rings is 1. The number of aryl methyl sites for hydroxylation is 1. The Bertz CT molecular complexity index is 1110. The van der Waals surface area contributed by atoms with Crippen molar-refractivity contribution in [1.29, 1.82) is 0 Å². The highest BCUT2D eigenvalue weighted by Gasteiger charge is 2.39. The zero-order valence-electron chi connectivity index (χ0n) is 17.3. The van der Waals surface area contributed by atoms with E-state index in [2.05, 4.69) is 17.3 Å². The molecule has 162 valence electrons. The van der Waals surface area contributed by atoms with Gasteiger partial charge in [-0.1, -0.05) is 35.5 Å². The molecule has 0 fully saturated rings. The number of rotatable bonds is 7. The number of aromatic nitrogens is 1. The van der Waals surface area contributed by atoms with Crippen molar-refractivity contribution >= 4 is 28.2 Å². The Morgan fingerprint density at radius 3 is 2.77 bits per heavy atom. The molecular weight excluding hydrogens is 414 g/mol. The maximum atomic E-state index is 11.9. The molecule has 3 aromatic rings. The lowest BCUT2D eigenvalue weighted by atomic mass is 9.66. The highest BCUT2D eigenvalue weighted by atomic mass is 32.1. The number of benzene rings is 1. The number of carbonyl (C=O) groups excluding carboxylic acids is 2. The second-order valence-electron chi connectivity index (χ2n) is 7.83. The van der Waals surface area contributed by atoms with Crippen LogP contribution in [0, 0.1) is 0 Å². The minimum absolute atomic E-state index is 0.142. The van der Waals surface area contributed by atoms with Crippen LogP contribution >= 0.6 is 11.3 Å². The maximum Gasteiger partial charge on any atom is 0.360 e. The molecule has 1 atom stereocenters. The van der Waals surface area contributed by atoms with Crippen molar-refractivity contribution in [3.63, 3.8) is 0 Å². The third-order valence-electron chi connectivity index (χ3n) is 6.00. The fraction of sp³-hybridized carbons (Fsp3) is 0.348. The first-order chi connectivity index (χ1) is 14.9. The minimum Gasteiger partial charge on any atom is -0.461 e. The summed E-state index contributed by atoms with van der Waals surface area (Å²) in [5.74, 6) is -0.298. The highest BCUT2D eigenvalue weighted by molar-refractivity contribution is 7.16. The van der Waals surface area contributed by atoms with Gasteiger partial charge in [0.2, 0.25) is 0 Å². The van der Waals surface area contributed by atoms with Crippen LogP contribution in [0.15, 0.2) is 40.9 Å². The summed E-state index contributed by atoms with van der Waals surface area (Å²) < 4.78 is 10.4. The number of fused-ring (bicyclic) bond motifs is 1. The molecule has 0 spiro atoms. The van der Waals surface area contributed by atoms with E-state index in [9.17, 15) is 9.59 Å². The normalized spacial score (nSPS) is 17.8. The fourth-order valence-electron chi connectivity index (χ4n) is 4.46. The monoisotopic (exact) mass is 439 g/mol. The summed E-state index contributed by atoms with van der Waals surface area (Å²) in [7, 11) is 0. The number of esters is 1. The van der Waals surface area contributed by atoms with Crippen LogP contribution in [0.4, 0.5) is 5.00 Å². The minimum atomic E-state index is -0.481. The van der Waals surface area contributed by atoms with Crippen molar-refractivity contribution in [2.45, 2.75) is 44.4 Å². The average molecular weight is 440 g/mol. The summed E-state index contributed by atoms with van der Waals surface area (Å²) in [6, 6.07) is 12.0. The molecule has 31 heavy (non-hydrogen) atoms. The lowest BCUT2D eigenvalue weighted by Gasteiger charge is -2.38. The van der Waals surface area contributed by atoms with Crippen molar-refractivity contribution in [1.82, 2.24) is 5.16 Å². The van der Waals surface area contributed by atoms with Gasteiger partial charge in [0.15, 0.2) is 5.69 Å². The van der Waals surface area contributed by atoms with E-state index < -0.39 is 11.9 Å². The summed E-state index contributed by atoms with van der Waals surface area (Å²) >= 11 is 1.46. The van der Waals surface area contributed by atoms with Gasteiger partial charge < -0.3 is 20.7 Å². The first-order valence-electron chi connectivity index (χ1n) is 10.3. The van der Waals surface area contributed by atoms with Gasteiger partial charge in [0.25, 0.3) is 5.91 Å². The van der Waals surface area contributed by atoms with Crippen molar-refractivity contribution < 1.29 is 18.8 Å². The first kappa shape index (κ1) is 21.1. The van der Waals surface area contributed by atoms with Crippen LogP contribution in [0.1, 0.15) is 62.4 Å². The number of amides is 1. The van der Waals surface area contributed by atoms with E-state index in [1.807, 2.05) is 18.2 Å². The van der Waals surface area contributed by atoms with Gasteiger partial charge in [0.05, 0.1) is 17.2 Å². The molecule has 0 saturated heterocycles. The Morgan fingerprint density at radius 1 is 1.29 bits per heavy atom. The molecule has 0 radical (unpaired) electrons. The van der Waals surface area contributed by atoms with Crippen molar-refractivity contribution in [3.05, 3.63) is 69.4 Å². The SMILES string of the molecule is CCOC(=O)c1cc(CCC2(c3ccccc3)CCc3c(sc(N)c3C(N)=O)C2)on1. The Hall–Kier alpha value is -3.13. The number of nitrogen functional groups attached to an aromatic ring is 1. The lowest BCUT2D eigenvalue weighted by Crippen LogP contribution is -2.34. The van der Waals surface area contributed by atoms with Crippen LogP contribution in [0.5, 0.6) is 0 Å². The molecule has 1 aliphatic rings. The maximum absolute atomic E-state index is 11.9. The van der Waals surface area contributed by atoms with E-state index in [4.69, 9.17) is 20.7 Å². The van der Waals surface area contributed by atoms with Crippen LogP contribution in [0.2, 0.25) is 0 Å². The third-order valence-corrected chi connectivity index (χ3v) is 7.06. The Balaban J connectivity index is 1.62. The quantitative estimate of drug-likeness (QED) is 0.542. The lowest BCUT2D eigenvalue weighted by molar-refractivity contribution is 0.0514. The second kappa shape index (κ2) is 8.55. The zero-order valence-corrected chi connectivity index (χ0v) is 18.2. The summed E-state index contributed by atoms with van der Waals surface area (Å²) in [5, 5.41) is 4.34. The van der Waals surface area contributed by atoms with Gasteiger partial charge in [-0.3, -0.25) is 4.79 Å². The third kappa shape index (κ3) is 4.07. The van der Waals surface area contributed by atoms with Gasteiger partial charge >= 0.3 is 5.97 Å². The fourth-order valence-corrected chi connectivity index (χ4v) is 5.73. The number of carbonyl (C=O) groups is 2. The van der Waals surface area contributed by atoms with Crippen molar-refractivity contribution in [2.24, 2.45) is 5.73 Å². The molecule has 4 rings (SSSR count). The van der Waals surface area contributed by atoms with E-state index >= 15 is 0 Å². The Morgan fingerprint density at radius 2 is 2.06 bits per heavy atom. The summed E-state index contributed by atoms with van der Waals surface area (Å²) in [4.78, 5) is 24.9. The largest absolute Gasteiger partial charge is 0.461 e. The molecule has 0 saturated carbocycles. The van der Waals surface area contributed by atoms with Crippen molar-refractivity contribution in [2.75, 3.05) is 12.3 Å². The molecule has 2 aromatic heterocycles. The van der Waals surface area contributed by atoms with Crippen LogP contribution in [0.25, 0.3) is 0 Å². The molecule has 4 N–H and O–H groups in total. The molecule has 1 unspecified atom stereocenters. The molecule has 7 nitrogen and oxygen atoms in total. The molecule has 1 aromatic carbocycles. The van der Waals surface area contributed by atoms with Crippen LogP contribution in [-0.4, -0.2) is 23.6 Å². The number of anilines is 1. The number of ether oxygens (including phenoxy) is 1. The molecule has 2 heterocycles.